The molecular weight excluding hydrogens is 341 g/mol. The van der Waals surface area contributed by atoms with E-state index >= 15 is 0 Å². The molecule has 2 amide bonds. The number of hydrogen-bond acceptors (Lipinski definition) is 5. The number of nitrogens with one attached hydrogen (secondary N) is 2. The van der Waals surface area contributed by atoms with Gasteiger partial charge in [0.1, 0.15) is 11.9 Å². The first kappa shape index (κ1) is 18.3. The van der Waals surface area contributed by atoms with Gasteiger partial charge in [-0.05, 0) is 31.9 Å². The summed E-state index contributed by atoms with van der Waals surface area (Å²) in [5.74, 6) is -1.09. The third kappa shape index (κ3) is 4.57. The highest BCUT2D eigenvalue weighted by Gasteiger charge is 2.31. The van der Waals surface area contributed by atoms with Gasteiger partial charge in [-0.15, -0.1) is 0 Å². The van der Waals surface area contributed by atoms with E-state index in [9.17, 15) is 14.0 Å². The summed E-state index contributed by atoms with van der Waals surface area (Å²) in [7, 11) is 0. The third-order valence-corrected chi connectivity index (χ3v) is 4.40. The Bertz CT molecular complexity index is 703. The van der Waals surface area contributed by atoms with Gasteiger partial charge >= 0.3 is 0 Å². The van der Waals surface area contributed by atoms with Crippen molar-refractivity contribution in [2.24, 2.45) is 5.16 Å². The average molecular weight is 363 g/mol. The Hall–Kier alpha value is -2.48. The molecule has 1 aromatic carbocycles. The second-order valence-electron chi connectivity index (χ2n) is 6.46. The van der Waals surface area contributed by atoms with Crippen LogP contribution in [0.3, 0.4) is 0 Å². The lowest BCUT2D eigenvalue weighted by atomic mass is 10.0. The lowest BCUT2D eigenvalue weighted by molar-refractivity contribution is -0.135. The predicted octanol–water partition coefficient (Wildman–Crippen LogP) is 1.12. The molecule has 0 saturated carbocycles. The monoisotopic (exact) mass is 363 g/mol. The Labute approximate surface area is 150 Å². The number of carbonyl (C=O) groups excluding carboxylic acids is 2. The molecule has 3 unspecified atom stereocenters. The summed E-state index contributed by atoms with van der Waals surface area (Å²) in [5, 5.41) is 9.25. The van der Waals surface area contributed by atoms with Gasteiger partial charge in [-0.3, -0.25) is 9.59 Å². The van der Waals surface area contributed by atoms with Gasteiger partial charge in [-0.25, -0.2) is 4.39 Å². The second kappa shape index (κ2) is 8.27. The van der Waals surface area contributed by atoms with Crippen molar-refractivity contribution in [1.82, 2.24) is 10.6 Å². The van der Waals surface area contributed by atoms with Crippen LogP contribution in [-0.4, -0.2) is 48.9 Å². The van der Waals surface area contributed by atoms with Crippen LogP contribution in [0.2, 0.25) is 0 Å². The number of oxime groups is 1. The van der Waals surface area contributed by atoms with Crippen molar-refractivity contribution >= 4 is 17.5 Å². The molecule has 3 atom stereocenters. The van der Waals surface area contributed by atoms with Gasteiger partial charge in [-0.2, -0.15) is 0 Å². The van der Waals surface area contributed by atoms with E-state index in [4.69, 9.17) is 9.57 Å². The molecule has 3 rings (SSSR count). The van der Waals surface area contributed by atoms with E-state index in [1.165, 1.54) is 12.1 Å². The molecule has 7 nitrogen and oxygen atoms in total. The van der Waals surface area contributed by atoms with Crippen molar-refractivity contribution in [3.63, 3.8) is 0 Å². The van der Waals surface area contributed by atoms with Crippen LogP contribution in [0.15, 0.2) is 29.4 Å². The first-order valence-electron chi connectivity index (χ1n) is 8.71. The second-order valence-corrected chi connectivity index (χ2v) is 6.46. The Morgan fingerprint density at radius 1 is 1.42 bits per heavy atom. The molecule has 2 aliphatic heterocycles. The smallest absolute Gasteiger partial charge is 0.264 e. The van der Waals surface area contributed by atoms with Crippen LogP contribution >= 0.6 is 0 Å². The van der Waals surface area contributed by atoms with Gasteiger partial charge in [0, 0.05) is 25.1 Å². The van der Waals surface area contributed by atoms with Crippen LogP contribution in [0.1, 0.15) is 31.7 Å². The standard InChI is InChI=1S/C18H22FN3O4/c1-11(17(23)20-10-14-6-3-7-25-14)21-18(24)16-9-15(22-26-16)12-4-2-5-13(19)8-12/h2,4-5,8,11,14,16H,3,6-7,9-10H2,1H3,(H,20,23)(H,21,24). The molecule has 0 aromatic heterocycles. The van der Waals surface area contributed by atoms with Gasteiger partial charge in [0.15, 0.2) is 0 Å². The fourth-order valence-corrected chi connectivity index (χ4v) is 2.90. The van der Waals surface area contributed by atoms with E-state index in [2.05, 4.69) is 15.8 Å². The molecule has 0 radical (unpaired) electrons. The minimum atomic E-state index is -0.832. The van der Waals surface area contributed by atoms with Crippen LogP contribution in [0, 0.1) is 5.82 Å². The number of ether oxygens (including phenoxy) is 1. The van der Waals surface area contributed by atoms with Gasteiger partial charge in [0.25, 0.3) is 5.91 Å². The van der Waals surface area contributed by atoms with Gasteiger partial charge in [0.05, 0.1) is 11.8 Å². The summed E-state index contributed by atoms with van der Waals surface area (Å²) in [6, 6.07) is 5.24. The maximum absolute atomic E-state index is 13.3. The predicted molar refractivity (Wildman–Crippen MR) is 92.0 cm³/mol. The van der Waals surface area contributed by atoms with Crippen molar-refractivity contribution in [2.45, 2.75) is 44.4 Å². The molecule has 0 aliphatic carbocycles. The van der Waals surface area contributed by atoms with Gasteiger partial charge < -0.3 is 20.2 Å². The normalized spacial score (nSPS) is 23.1. The largest absolute Gasteiger partial charge is 0.382 e. The van der Waals surface area contributed by atoms with Crippen molar-refractivity contribution < 1.29 is 23.6 Å². The molecule has 1 saturated heterocycles. The van der Waals surface area contributed by atoms with Crippen molar-refractivity contribution in [1.29, 1.82) is 0 Å². The summed E-state index contributed by atoms with van der Waals surface area (Å²) in [6.45, 7) is 2.76. The number of benzene rings is 1. The van der Waals surface area contributed by atoms with E-state index in [1.807, 2.05) is 0 Å². The van der Waals surface area contributed by atoms with Crippen LogP contribution in [0.5, 0.6) is 0 Å². The van der Waals surface area contributed by atoms with Crippen LogP contribution in [-0.2, 0) is 19.2 Å². The van der Waals surface area contributed by atoms with E-state index in [0.29, 0.717) is 17.8 Å². The first-order valence-corrected chi connectivity index (χ1v) is 8.71. The fourth-order valence-electron chi connectivity index (χ4n) is 2.90. The lowest BCUT2D eigenvalue weighted by Gasteiger charge is -2.17. The summed E-state index contributed by atoms with van der Waals surface area (Å²) in [6.07, 6.45) is 1.36. The Morgan fingerprint density at radius 3 is 3.00 bits per heavy atom. The minimum Gasteiger partial charge on any atom is -0.382 e. The number of amides is 2. The number of hydrogen-bond donors (Lipinski definition) is 2. The number of nitrogens with zero attached hydrogens (tertiary/aromatic N) is 1. The van der Waals surface area contributed by atoms with Crippen LogP contribution in [0.25, 0.3) is 0 Å². The first-order chi connectivity index (χ1) is 12.5. The molecule has 26 heavy (non-hydrogen) atoms. The molecule has 2 N–H and O–H groups in total. The topological polar surface area (TPSA) is 89.0 Å². The lowest BCUT2D eigenvalue weighted by Crippen LogP contribution is -2.49. The summed E-state index contributed by atoms with van der Waals surface area (Å²) >= 11 is 0. The molecule has 0 spiro atoms. The number of carbonyl (C=O) groups is 2. The highest BCUT2D eigenvalue weighted by Crippen LogP contribution is 2.17. The average Bonchev–Trinajstić information content (AvgIpc) is 3.31. The zero-order valence-electron chi connectivity index (χ0n) is 14.5. The quantitative estimate of drug-likeness (QED) is 0.793. The highest BCUT2D eigenvalue weighted by molar-refractivity contribution is 6.04. The van der Waals surface area contributed by atoms with Crippen molar-refractivity contribution in [3.05, 3.63) is 35.6 Å². The third-order valence-electron chi connectivity index (χ3n) is 4.40. The molecule has 2 heterocycles. The zero-order chi connectivity index (χ0) is 18.5. The molecular formula is C18H22FN3O4. The molecule has 1 fully saturated rings. The van der Waals surface area contributed by atoms with E-state index in [1.54, 1.807) is 19.1 Å². The maximum Gasteiger partial charge on any atom is 0.264 e. The highest BCUT2D eigenvalue weighted by atomic mass is 19.1. The summed E-state index contributed by atoms with van der Waals surface area (Å²) in [4.78, 5) is 29.5. The SMILES string of the molecule is CC(NC(=O)C1CC(c2cccc(F)c2)=NO1)C(=O)NCC1CCCO1. The van der Waals surface area contributed by atoms with Gasteiger partial charge in [-0.1, -0.05) is 17.3 Å². The van der Waals surface area contributed by atoms with E-state index in [0.717, 1.165) is 19.4 Å². The van der Waals surface area contributed by atoms with E-state index < -0.39 is 18.1 Å². The van der Waals surface area contributed by atoms with Crippen molar-refractivity contribution in [2.75, 3.05) is 13.2 Å². The number of rotatable bonds is 6. The molecule has 1 aromatic rings. The minimum absolute atomic E-state index is 0.0437. The van der Waals surface area contributed by atoms with Crippen LogP contribution < -0.4 is 10.6 Å². The Kier molecular flexibility index (Phi) is 5.82. The summed E-state index contributed by atoms with van der Waals surface area (Å²) < 4.78 is 18.7. The Balaban J connectivity index is 1.45. The molecule has 8 heteroatoms. The fraction of sp³-hybridized carbons (Fsp3) is 0.500. The van der Waals surface area contributed by atoms with E-state index in [-0.39, 0.29) is 24.2 Å². The zero-order valence-corrected chi connectivity index (χ0v) is 14.5. The van der Waals surface area contributed by atoms with Crippen LogP contribution in [0.4, 0.5) is 4.39 Å². The molecule has 140 valence electrons. The maximum atomic E-state index is 13.3. The Morgan fingerprint density at radius 2 is 2.27 bits per heavy atom. The van der Waals surface area contributed by atoms with Gasteiger partial charge in [0.2, 0.25) is 12.0 Å². The number of halogens is 1. The van der Waals surface area contributed by atoms with Crippen molar-refractivity contribution in [3.8, 4) is 0 Å². The molecule has 2 aliphatic rings. The summed E-state index contributed by atoms with van der Waals surface area (Å²) in [5.41, 5.74) is 1.07. The molecule has 0 bridgehead atoms.